The standard InChI is InChI=1S/C16H17N5S/c1-4-8-15-12(5-1)9-10-13(17-15)11-22-16-18-19-20-21(16)14-6-2-3-7-14/h1,4-5,8-10,14H,2-3,6-7,11H2. The largest absolute Gasteiger partial charge is 0.252 e. The molecule has 6 heteroatoms. The lowest BCUT2D eigenvalue weighted by atomic mass is 10.2. The van der Waals surface area contributed by atoms with Crippen molar-refractivity contribution in [2.75, 3.05) is 0 Å². The number of rotatable bonds is 4. The number of thioether (sulfide) groups is 1. The number of hydrogen-bond acceptors (Lipinski definition) is 5. The predicted molar refractivity (Wildman–Crippen MR) is 86.6 cm³/mol. The van der Waals surface area contributed by atoms with E-state index in [-0.39, 0.29) is 0 Å². The van der Waals surface area contributed by atoms with Crippen molar-refractivity contribution in [1.29, 1.82) is 0 Å². The van der Waals surface area contributed by atoms with Gasteiger partial charge in [0.15, 0.2) is 0 Å². The lowest BCUT2D eigenvalue weighted by Gasteiger charge is -2.10. The van der Waals surface area contributed by atoms with Crippen LogP contribution in [0.25, 0.3) is 10.9 Å². The van der Waals surface area contributed by atoms with E-state index in [4.69, 9.17) is 4.98 Å². The first-order valence-corrected chi connectivity index (χ1v) is 8.64. The second-order valence-electron chi connectivity index (χ2n) is 5.63. The second-order valence-corrected chi connectivity index (χ2v) is 6.57. The van der Waals surface area contributed by atoms with Gasteiger partial charge in [0.05, 0.1) is 17.3 Å². The summed E-state index contributed by atoms with van der Waals surface area (Å²) in [5.41, 5.74) is 2.10. The summed E-state index contributed by atoms with van der Waals surface area (Å²) >= 11 is 1.67. The van der Waals surface area contributed by atoms with Crippen molar-refractivity contribution in [3.63, 3.8) is 0 Å². The van der Waals surface area contributed by atoms with Gasteiger partial charge in [0.1, 0.15) is 0 Å². The molecule has 112 valence electrons. The Kier molecular flexibility index (Phi) is 3.76. The van der Waals surface area contributed by atoms with Crippen LogP contribution in [0, 0.1) is 0 Å². The minimum absolute atomic E-state index is 0.474. The van der Waals surface area contributed by atoms with Gasteiger partial charge in [-0.3, -0.25) is 4.98 Å². The first-order chi connectivity index (χ1) is 10.9. The Bertz CT molecular complexity index is 779. The normalized spacial score (nSPS) is 15.6. The summed E-state index contributed by atoms with van der Waals surface area (Å²) in [5.74, 6) is 0.790. The number of nitrogens with zero attached hydrogens (tertiary/aromatic N) is 5. The molecule has 2 heterocycles. The van der Waals surface area contributed by atoms with Crippen molar-refractivity contribution in [1.82, 2.24) is 25.2 Å². The maximum atomic E-state index is 4.70. The molecule has 1 aliphatic carbocycles. The van der Waals surface area contributed by atoms with Gasteiger partial charge in [-0.05, 0) is 35.4 Å². The van der Waals surface area contributed by atoms with Crippen LogP contribution in [0.15, 0.2) is 41.6 Å². The molecule has 0 spiro atoms. The molecule has 0 saturated heterocycles. The highest BCUT2D eigenvalue weighted by Gasteiger charge is 2.21. The van der Waals surface area contributed by atoms with Crippen LogP contribution in [0.2, 0.25) is 0 Å². The highest BCUT2D eigenvalue weighted by molar-refractivity contribution is 7.98. The summed E-state index contributed by atoms with van der Waals surface area (Å²) in [7, 11) is 0. The topological polar surface area (TPSA) is 56.5 Å². The maximum absolute atomic E-state index is 4.70. The van der Waals surface area contributed by atoms with E-state index >= 15 is 0 Å². The van der Waals surface area contributed by atoms with Crippen LogP contribution in [0.3, 0.4) is 0 Å². The fourth-order valence-corrected chi connectivity index (χ4v) is 3.84. The van der Waals surface area contributed by atoms with Crippen LogP contribution in [-0.4, -0.2) is 25.2 Å². The molecule has 1 fully saturated rings. The van der Waals surface area contributed by atoms with Crippen molar-refractivity contribution in [2.24, 2.45) is 0 Å². The predicted octanol–water partition coefficient (Wildman–Crippen LogP) is 3.63. The molecule has 22 heavy (non-hydrogen) atoms. The third-order valence-electron chi connectivity index (χ3n) is 4.14. The minimum Gasteiger partial charge on any atom is -0.252 e. The van der Waals surface area contributed by atoms with Crippen LogP contribution < -0.4 is 0 Å². The van der Waals surface area contributed by atoms with E-state index < -0.39 is 0 Å². The Balaban J connectivity index is 1.51. The van der Waals surface area contributed by atoms with E-state index in [0.717, 1.165) is 22.1 Å². The van der Waals surface area contributed by atoms with Gasteiger partial charge in [-0.1, -0.05) is 48.9 Å². The number of para-hydroxylation sites is 1. The molecule has 0 atom stereocenters. The zero-order chi connectivity index (χ0) is 14.8. The molecule has 3 aromatic rings. The average Bonchev–Trinajstić information content (AvgIpc) is 3.23. The quantitative estimate of drug-likeness (QED) is 0.689. The lowest BCUT2D eigenvalue weighted by molar-refractivity contribution is 0.423. The Morgan fingerprint density at radius 1 is 1.09 bits per heavy atom. The first kappa shape index (κ1) is 13.7. The number of tetrazole rings is 1. The number of aromatic nitrogens is 5. The highest BCUT2D eigenvalue weighted by atomic mass is 32.2. The van der Waals surface area contributed by atoms with Gasteiger partial charge in [-0.25, -0.2) is 4.68 Å². The fourth-order valence-electron chi connectivity index (χ4n) is 2.99. The highest BCUT2D eigenvalue weighted by Crippen LogP contribution is 2.32. The van der Waals surface area contributed by atoms with Crippen molar-refractivity contribution >= 4 is 22.7 Å². The van der Waals surface area contributed by atoms with E-state index in [2.05, 4.69) is 33.7 Å². The Morgan fingerprint density at radius 2 is 1.95 bits per heavy atom. The third-order valence-corrected chi connectivity index (χ3v) is 5.11. The van der Waals surface area contributed by atoms with Gasteiger partial charge >= 0.3 is 0 Å². The number of benzene rings is 1. The van der Waals surface area contributed by atoms with Gasteiger partial charge < -0.3 is 0 Å². The lowest BCUT2D eigenvalue weighted by Crippen LogP contribution is -2.08. The van der Waals surface area contributed by atoms with Gasteiger partial charge in [0.2, 0.25) is 5.16 Å². The first-order valence-electron chi connectivity index (χ1n) is 7.65. The van der Waals surface area contributed by atoms with Crippen LogP contribution in [0.5, 0.6) is 0 Å². The van der Waals surface area contributed by atoms with Crippen molar-refractivity contribution in [3.8, 4) is 0 Å². The molecule has 2 aromatic heterocycles. The summed E-state index contributed by atoms with van der Waals surface area (Å²) in [6, 6.07) is 12.9. The molecular weight excluding hydrogens is 294 g/mol. The van der Waals surface area contributed by atoms with E-state index in [1.807, 2.05) is 22.9 Å². The summed E-state index contributed by atoms with van der Waals surface area (Å²) in [5, 5.41) is 14.3. The fraction of sp³-hybridized carbons (Fsp3) is 0.375. The Hall–Kier alpha value is -1.95. The van der Waals surface area contributed by atoms with Crippen molar-refractivity contribution < 1.29 is 0 Å². The van der Waals surface area contributed by atoms with Crippen molar-refractivity contribution in [2.45, 2.75) is 42.6 Å². The molecule has 0 unspecified atom stereocenters. The number of hydrogen-bond donors (Lipinski definition) is 0. The summed E-state index contributed by atoms with van der Waals surface area (Å²) < 4.78 is 2.00. The van der Waals surface area contributed by atoms with Crippen LogP contribution in [0.4, 0.5) is 0 Å². The molecule has 1 aromatic carbocycles. The maximum Gasteiger partial charge on any atom is 0.209 e. The summed E-state index contributed by atoms with van der Waals surface area (Å²) in [6.45, 7) is 0. The molecular formula is C16H17N5S. The van der Waals surface area contributed by atoms with E-state index in [1.54, 1.807) is 11.8 Å². The van der Waals surface area contributed by atoms with Crippen LogP contribution in [0.1, 0.15) is 37.4 Å². The van der Waals surface area contributed by atoms with E-state index in [9.17, 15) is 0 Å². The minimum atomic E-state index is 0.474. The molecule has 1 aliphatic rings. The second kappa shape index (κ2) is 6.04. The van der Waals surface area contributed by atoms with Gasteiger partial charge in [-0.2, -0.15) is 0 Å². The molecule has 0 bridgehead atoms. The third kappa shape index (κ3) is 2.70. The smallest absolute Gasteiger partial charge is 0.209 e. The molecule has 0 radical (unpaired) electrons. The van der Waals surface area contributed by atoms with E-state index in [0.29, 0.717) is 6.04 Å². The summed E-state index contributed by atoms with van der Waals surface area (Å²) in [6.07, 6.45) is 4.93. The SMILES string of the molecule is c1ccc2nc(CSc3nnnn3C3CCCC3)ccc2c1. The average molecular weight is 311 g/mol. The molecule has 5 nitrogen and oxygen atoms in total. The van der Waals surface area contributed by atoms with Crippen LogP contribution >= 0.6 is 11.8 Å². The van der Waals surface area contributed by atoms with Crippen LogP contribution in [-0.2, 0) is 5.75 Å². The molecule has 0 N–H and O–H groups in total. The molecule has 1 saturated carbocycles. The zero-order valence-electron chi connectivity index (χ0n) is 12.2. The molecule has 0 aliphatic heterocycles. The van der Waals surface area contributed by atoms with Crippen molar-refractivity contribution in [3.05, 3.63) is 42.1 Å². The number of pyridine rings is 1. The zero-order valence-corrected chi connectivity index (χ0v) is 13.0. The number of fused-ring (bicyclic) bond motifs is 1. The Labute approximate surface area is 133 Å². The van der Waals surface area contributed by atoms with Gasteiger partial charge in [-0.15, -0.1) is 5.10 Å². The van der Waals surface area contributed by atoms with E-state index in [1.165, 1.54) is 31.1 Å². The molecule has 4 rings (SSSR count). The van der Waals surface area contributed by atoms with Gasteiger partial charge in [0, 0.05) is 11.1 Å². The summed E-state index contributed by atoms with van der Waals surface area (Å²) in [4.78, 5) is 4.70. The molecule has 0 amide bonds. The monoisotopic (exact) mass is 311 g/mol. The Morgan fingerprint density at radius 3 is 2.86 bits per heavy atom. The van der Waals surface area contributed by atoms with Gasteiger partial charge in [0.25, 0.3) is 0 Å².